The summed E-state index contributed by atoms with van der Waals surface area (Å²) in [4.78, 5) is 24.6. The van der Waals surface area contributed by atoms with Crippen LogP contribution in [0.25, 0.3) is 0 Å². The van der Waals surface area contributed by atoms with Crippen molar-refractivity contribution >= 4 is 39.9 Å². The molecule has 0 fully saturated rings. The van der Waals surface area contributed by atoms with Gasteiger partial charge in [-0.15, -0.1) is 23.1 Å². The second-order valence-electron chi connectivity index (χ2n) is 5.02. The lowest BCUT2D eigenvalue weighted by Gasteiger charge is -2.12. The van der Waals surface area contributed by atoms with Crippen LogP contribution in [0.2, 0.25) is 0 Å². The second kappa shape index (κ2) is 6.98. The highest BCUT2D eigenvalue weighted by atomic mass is 32.2. The second-order valence-corrected chi connectivity index (χ2v) is 7.35. The average Bonchev–Trinajstić information content (AvgIpc) is 2.91. The molecular weight excluding hydrogens is 316 g/mol. The molecule has 22 heavy (non-hydrogen) atoms. The summed E-state index contributed by atoms with van der Waals surface area (Å²) in [6.07, 6.45) is 0. The van der Waals surface area contributed by atoms with Crippen molar-refractivity contribution in [3.63, 3.8) is 0 Å². The molecule has 0 unspecified atom stereocenters. The number of nitrogens with one attached hydrogen (secondary N) is 1. The topological polar surface area (TPSA) is 72.2 Å². The van der Waals surface area contributed by atoms with Crippen LogP contribution in [0.15, 0.2) is 34.5 Å². The standard InChI is InChI=1S/C16H18N2O2S2/c1-9-4-5-12(8-10(9)2)22-11(3)15(20)18-16-13(14(17)19)6-7-21-16/h4-8,11H,1-3H3,(H2,17,19)(H,18,20)/t11-/m0/s1. The van der Waals surface area contributed by atoms with Gasteiger partial charge in [0.25, 0.3) is 5.91 Å². The van der Waals surface area contributed by atoms with Gasteiger partial charge in [-0.25, -0.2) is 0 Å². The first-order valence-corrected chi connectivity index (χ1v) is 8.56. The van der Waals surface area contributed by atoms with Crippen LogP contribution in [0.5, 0.6) is 0 Å². The molecule has 2 aromatic rings. The van der Waals surface area contributed by atoms with Gasteiger partial charge in [0, 0.05) is 4.90 Å². The molecule has 0 aliphatic carbocycles. The molecule has 0 radical (unpaired) electrons. The molecule has 0 spiro atoms. The molecule has 1 heterocycles. The van der Waals surface area contributed by atoms with Gasteiger partial charge in [-0.3, -0.25) is 9.59 Å². The lowest BCUT2D eigenvalue weighted by Crippen LogP contribution is -2.23. The molecule has 0 saturated heterocycles. The molecule has 0 bridgehead atoms. The number of carbonyl (C=O) groups is 2. The van der Waals surface area contributed by atoms with Gasteiger partial charge in [0.1, 0.15) is 5.00 Å². The maximum Gasteiger partial charge on any atom is 0.251 e. The fraction of sp³-hybridized carbons (Fsp3) is 0.250. The monoisotopic (exact) mass is 334 g/mol. The Kier molecular flexibility index (Phi) is 5.26. The van der Waals surface area contributed by atoms with Crippen molar-refractivity contribution in [2.24, 2.45) is 5.73 Å². The van der Waals surface area contributed by atoms with Gasteiger partial charge >= 0.3 is 0 Å². The van der Waals surface area contributed by atoms with Crippen molar-refractivity contribution < 1.29 is 9.59 Å². The van der Waals surface area contributed by atoms with E-state index in [9.17, 15) is 9.59 Å². The largest absolute Gasteiger partial charge is 0.366 e. The fourth-order valence-corrected chi connectivity index (χ4v) is 3.62. The van der Waals surface area contributed by atoms with Gasteiger partial charge in [0.2, 0.25) is 5.91 Å². The van der Waals surface area contributed by atoms with Crippen LogP contribution < -0.4 is 11.1 Å². The van der Waals surface area contributed by atoms with Crippen LogP contribution in [0.1, 0.15) is 28.4 Å². The van der Waals surface area contributed by atoms with Crippen LogP contribution in [-0.4, -0.2) is 17.1 Å². The zero-order chi connectivity index (χ0) is 16.3. The molecule has 1 aromatic heterocycles. The van der Waals surface area contributed by atoms with E-state index < -0.39 is 5.91 Å². The van der Waals surface area contributed by atoms with Crippen LogP contribution in [0.4, 0.5) is 5.00 Å². The third-order valence-electron chi connectivity index (χ3n) is 3.33. The number of amides is 2. The summed E-state index contributed by atoms with van der Waals surface area (Å²) in [5, 5.41) is 4.74. The lowest BCUT2D eigenvalue weighted by atomic mass is 10.1. The number of hydrogen-bond acceptors (Lipinski definition) is 4. The van der Waals surface area contributed by atoms with Crippen molar-refractivity contribution in [1.82, 2.24) is 0 Å². The number of benzene rings is 1. The quantitative estimate of drug-likeness (QED) is 0.821. The van der Waals surface area contributed by atoms with Gasteiger partial charge in [-0.05, 0) is 55.5 Å². The van der Waals surface area contributed by atoms with Crippen molar-refractivity contribution in [1.29, 1.82) is 0 Å². The number of anilines is 1. The molecule has 0 aliphatic rings. The number of primary amides is 1. The third kappa shape index (κ3) is 3.90. The van der Waals surface area contributed by atoms with Gasteiger partial charge in [-0.2, -0.15) is 0 Å². The maximum absolute atomic E-state index is 12.3. The molecule has 1 atom stereocenters. The number of nitrogens with two attached hydrogens (primary N) is 1. The molecule has 1 aromatic carbocycles. The maximum atomic E-state index is 12.3. The zero-order valence-electron chi connectivity index (χ0n) is 12.7. The number of carbonyl (C=O) groups excluding carboxylic acids is 2. The highest BCUT2D eigenvalue weighted by molar-refractivity contribution is 8.00. The van der Waals surface area contributed by atoms with Gasteiger partial charge in [-0.1, -0.05) is 6.07 Å². The summed E-state index contributed by atoms with van der Waals surface area (Å²) in [5.41, 5.74) is 8.05. The minimum Gasteiger partial charge on any atom is -0.366 e. The zero-order valence-corrected chi connectivity index (χ0v) is 14.3. The number of thiophene rings is 1. The molecule has 116 valence electrons. The van der Waals surface area contributed by atoms with Crippen molar-refractivity contribution in [2.45, 2.75) is 30.9 Å². The van der Waals surface area contributed by atoms with Gasteiger partial charge < -0.3 is 11.1 Å². The first-order valence-electron chi connectivity index (χ1n) is 6.80. The highest BCUT2D eigenvalue weighted by Crippen LogP contribution is 2.28. The minimum atomic E-state index is -0.536. The molecular formula is C16H18N2O2S2. The third-order valence-corrected chi connectivity index (χ3v) is 5.25. The summed E-state index contributed by atoms with van der Waals surface area (Å²) in [6.45, 7) is 5.95. The fourth-order valence-electron chi connectivity index (χ4n) is 1.86. The Hall–Kier alpha value is -1.79. The summed E-state index contributed by atoms with van der Waals surface area (Å²) in [6, 6.07) is 7.75. The molecule has 2 amide bonds. The van der Waals surface area contributed by atoms with Crippen molar-refractivity contribution in [3.8, 4) is 0 Å². The van der Waals surface area contributed by atoms with E-state index in [4.69, 9.17) is 5.73 Å². The average molecular weight is 334 g/mol. The number of rotatable bonds is 5. The van der Waals surface area contributed by atoms with Crippen LogP contribution >= 0.6 is 23.1 Å². The van der Waals surface area contributed by atoms with Gasteiger partial charge in [0.15, 0.2) is 0 Å². The number of thioether (sulfide) groups is 1. The van der Waals surface area contributed by atoms with Crippen molar-refractivity contribution in [2.75, 3.05) is 5.32 Å². The Morgan fingerprint density at radius 3 is 2.59 bits per heavy atom. The number of hydrogen-bond donors (Lipinski definition) is 2. The van der Waals surface area contributed by atoms with E-state index in [2.05, 4.69) is 25.2 Å². The minimum absolute atomic E-state index is 0.145. The summed E-state index contributed by atoms with van der Waals surface area (Å²) in [5.74, 6) is -0.681. The van der Waals surface area contributed by atoms with Crippen molar-refractivity contribution in [3.05, 3.63) is 46.3 Å². The van der Waals surface area contributed by atoms with Crippen LogP contribution in [0, 0.1) is 13.8 Å². The van der Waals surface area contributed by atoms with E-state index in [1.54, 1.807) is 11.4 Å². The molecule has 6 heteroatoms. The predicted molar refractivity (Wildman–Crippen MR) is 92.7 cm³/mol. The molecule has 4 nitrogen and oxygen atoms in total. The van der Waals surface area contributed by atoms with Crippen LogP contribution in [0.3, 0.4) is 0 Å². The smallest absolute Gasteiger partial charge is 0.251 e. The Labute approximate surface area is 138 Å². The van der Waals surface area contributed by atoms with Crippen LogP contribution in [-0.2, 0) is 4.79 Å². The van der Waals surface area contributed by atoms with Gasteiger partial charge in [0.05, 0.1) is 10.8 Å². The van der Waals surface area contributed by atoms with E-state index >= 15 is 0 Å². The number of aryl methyl sites for hydroxylation is 2. The van der Waals surface area contributed by atoms with E-state index in [1.165, 1.54) is 34.2 Å². The molecule has 0 aliphatic heterocycles. The Bertz CT molecular complexity index is 710. The molecule has 3 N–H and O–H groups in total. The van der Waals surface area contributed by atoms with E-state index in [0.717, 1.165) is 4.90 Å². The Balaban J connectivity index is 2.04. The van der Waals surface area contributed by atoms with E-state index in [1.807, 2.05) is 19.1 Å². The predicted octanol–water partition coefficient (Wildman–Crippen LogP) is 3.58. The lowest BCUT2D eigenvalue weighted by molar-refractivity contribution is -0.115. The Morgan fingerprint density at radius 2 is 1.95 bits per heavy atom. The normalized spacial score (nSPS) is 12.0. The summed E-state index contributed by atoms with van der Waals surface area (Å²) >= 11 is 2.78. The molecule has 2 rings (SSSR count). The first kappa shape index (κ1) is 16.6. The van der Waals surface area contributed by atoms with E-state index in [-0.39, 0.29) is 11.2 Å². The Morgan fingerprint density at radius 1 is 1.23 bits per heavy atom. The highest BCUT2D eigenvalue weighted by Gasteiger charge is 2.18. The summed E-state index contributed by atoms with van der Waals surface area (Å²) in [7, 11) is 0. The SMILES string of the molecule is Cc1ccc(S[C@@H](C)C(=O)Nc2sccc2C(N)=O)cc1C. The first-order chi connectivity index (χ1) is 10.4. The summed E-state index contributed by atoms with van der Waals surface area (Å²) < 4.78 is 0. The van der Waals surface area contributed by atoms with E-state index in [0.29, 0.717) is 10.6 Å². The molecule has 0 saturated carbocycles.